The summed E-state index contributed by atoms with van der Waals surface area (Å²) in [6, 6.07) is 14.9. The Morgan fingerprint density at radius 1 is 0.500 bits per heavy atom. The third-order valence-corrected chi connectivity index (χ3v) is 6.67. The van der Waals surface area contributed by atoms with Crippen LogP contribution in [0.4, 0.5) is 0 Å². The average Bonchev–Trinajstić information content (AvgIpc) is 2.98. The lowest BCUT2D eigenvalue weighted by atomic mass is 10.1. The van der Waals surface area contributed by atoms with E-state index in [1.807, 2.05) is 60.7 Å². The second-order valence-electron chi connectivity index (χ2n) is 10.2. The van der Waals surface area contributed by atoms with Gasteiger partial charge in [0.25, 0.3) is 0 Å². The Labute approximate surface area is 242 Å². The molecule has 0 saturated heterocycles. The molecule has 0 N–H and O–H groups in total. The molecule has 2 aromatic carbocycles. The third kappa shape index (κ3) is 14.7. The standard InChI is InChI=1S/C36H48O4/c1-3-5-7-9-13-17-29-39-35(37)33-25-21-31(22-26-33)19-15-11-12-16-20-32-23-27-34(28-24-32)36(38)40-30-18-14-10-8-6-4-2/h11-12,15-16,19-28H,3-10,13-14,17-18,29-30H2,1-2H3/b12-11+,19-15-,20-16-. The molecule has 0 heterocycles. The number of ether oxygens (including phenoxy) is 2. The summed E-state index contributed by atoms with van der Waals surface area (Å²) in [6.07, 6.45) is 25.9. The number of rotatable bonds is 20. The maximum atomic E-state index is 12.2. The highest BCUT2D eigenvalue weighted by molar-refractivity contribution is 5.90. The Morgan fingerprint density at radius 2 is 0.850 bits per heavy atom. The van der Waals surface area contributed by atoms with E-state index in [2.05, 4.69) is 13.8 Å². The van der Waals surface area contributed by atoms with E-state index < -0.39 is 0 Å². The van der Waals surface area contributed by atoms with E-state index in [4.69, 9.17) is 9.47 Å². The van der Waals surface area contributed by atoms with Crippen LogP contribution in [0.15, 0.2) is 72.8 Å². The van der Waals surface area contributed by atoms with Crippen molar-refractivity contribution in [1.29, 1.82) is 0 Å². The molecule has 0 aromatic heterocycles. The van der Waals surface area contributed by atoms with Gasteiger partial charge in [0.15, 0.2) is 0 Å². The zero-order chi connectivity index (χ0) is 28.7. The molecule has 0 fully saturated rings. The van der Waals surface area contributed by atoms with Gasteiger partial charge in [-0.05, 0) is 48.2 Å². The van der Waals surface area contributed by atoms with Crippen molar-refractivity contribution in [3.05, 3.63) is 95.1 Å². The number of carbonyl (C=O) groups excluding carboxylic acids is 2. The van der Waals surface area contributed by atoms with Crippen LogP contribution >= 0.6 is 0 Å². The Morgan fingerprint density at radius 3 is 1.23 bits per heavy atom. The lowest BCUT2D eigenvalue weighted by molar-refractivity contribution is 0.0488. The van der Waals surface area contributed by atoms with Crippen LogP contribution in [-0.2, 0) is 9.47 Å². The number of unbranched alkanes of at least 4 members (excludes halogenated alkanes) is 10. The van der Waals surface area contributed by atoms with E-state index in [1.54, 1.807) is 24.3 Å². The van der Waals surface area contributed by atoms with Crippen molar-refractivity contribution in [1.82, 2.24) is 0 Å². The fraction of sp³-hybridized carbons (Fsp3) is 0.444. The maximum Gasteiger partial charge on any atom is 0.338 e. The quantitative estimate of drug-likeness (QED) is 0.0945. The summed E-state index contributed by atoms with van der Waals surface area (Å²) in [5, 5.41) is 0. The largest absolute Gasteiger partial charge is 0.462 e. The minimum Gasteiger partial charge on any atom is -0.462 e. The maximum absolute atomic E-state index is 12.2. The summed E-state index contributed by atoms with van der Waals surface area (Å²) >= 11 is 0. The van der Waals surface area contributed by atoms with Crippen LogP contribution in [-0.4, -0.2) is 25.2 Å². The highest BCUT2D eigenvalue weighted by Gasteiger charge is 2.07. The van der Waals surface area contributed by atoms with Gasteiger partial charge in [0.1, 0.15) is 0 Å². The second kappa shape index (κ2) is 21.4. The van der Waals surface area contributed by atoms with Gasteiger partial charge in [-0.15, -0.1) is 0 Å². The van der Waals surface area contributed by atoms with Gasteiger partial charge in [-0.2, -0.15) is 0 Å². The van der Waals surface area contributed by atoms with Crippen LogP contribution < -0.4 is 0 Å². The zero-order valence-corrected chi connectivity index (χ0v) is 24.6. The molecule has 0 spiro atoms. The highest BCUT2D eigenvalue weighted by Crippen LogP contribution is 2.11. The van der Waals surface area contributed by atoms with Crippen LogP contribution in [0.3, 0.4) is 0 Å². The van der Waals surface area contributed by atoms with E-state index in [-0.39, 0.29) is 11.9 Å². The van der Waals surface area contributed by atoms with Crippen molar-refractivity contribution in [2.75, 3.05) is 13.2 Å². The van der Waals surface area contributed by atoms with Gasteiger partial charge in [0, 0.05) is 0 Å². The van der Waals surface area contributed by atoms with E-state index in [0.29, 0.717) is 24.3 Å². The van der Waals surface area contributed by atoms with Crippen LogP contribution in [0, 0.1) is 0 Å². The van der Waals surface area contributed by atoms with Gasteiger partial charge in [0.05, 0.1) is 24.3 Å². The lowest BCUT2D eigenvalue weighted by Crippen LogP contribution is -2.06. The molecule has 0 bridgehead atoms. The van der Waals surface area contributed by atoms with Gasteiger partial charge in [-0.3, -0.25) is 0 Å². The van der Waals surface area contributed by atoms with E-state index in [9.17, 15) is 9.59 Å². The molecular weight excluding hydrogens is 496 g/mol. The van der Waals surface area contributed by atoms with Gasteiger partial charge < -0.3 is 9.47 Å². The van der Waals surface area contributed by atoms with Crippen molar-refractivity contribution in [3.8, 4) is 0 Å². The molecule has 4 heteroatoms. The smallest absolute Gasteiger partial charge is 0.338 e. The minimum atomic E-state index is -0.257. The van der Waals surface area contributed by atoms with E-state index in [1.165, 1.54) is 51.4 Å². The number of carbonyl (C=O) groups is 2. The van der Waals surface area contributed by atoms with E-state index in [0.717, 1.165) is 36.8 Å². The fourth-order valence-electron chi connectivity index (χ4n) is 4.18. The average molecular weight is 545 g/mol. The fourth-order valence-corrected chi connectivity index (χ4v) is 4.18. The van der Waals surface area contributed by atoms with Crippen LogP contribution in [0.2, 0.25) is 0 Å². The molecule has 216 valence electrons. The van der Waals surface area contributed by atoms with Gasteiger partial charge >= 0.3 is 11.9 Å². The molecule has 2 aromatic rings. The van der Waals surface area contributed by atoms with Gasteiger partial charge in [-0.25, -0.2) is 9.59 Å². The SMILES string of the molecule is CCCCCCCCOC(=O)c1ccc(\C=C/C=C/C=C\c2ccc(C(=O)OCCCCCCCC)cc2)cc1. The predicted molar refractivity (Wildman–Crippen MR) is 167 cm³/mol. The molecule has 2 rings (SSSR count). The van der Waals surface area contributed by atoms with Crippen LogP contribution in [0.1, 0.15) is 123 Å². The summed E-state index contributed by atoms with van der Waals surface area (Å²) in [5.74, 6) is -0.514. The second-order valence-corrected chi connectivity index (χ2v) is 10.2. The molecule has 4 nitrogen and oxygen atoms in total. The van der Waals surface area contributed by atoms with E-state index >= 15 is 0 Å². The first kappa shape index (κ1) is 32.8. The topological polar surface area (TPSA) is 52.6 Å². The van der Waals surface area contributed by atoms with Crippen molar-refractivity contribution < 1.29 is 19.1 Å². The molecule has 0 amide bonds. The third-order valence-electron chi connectivity index (χ3n) is 6.67. The number of hydrogen-bond acceptors (Lipinski definition) is 4. The minimum absolute atomic E-state index is 0.257. The van der Waals surface area contributed by atoms with Gasteiger partial charge in [0.2, 0.25) is 0 Å². The first-order chi connectivity index (χ1) is 19.6. The Bertz CT molecular complexity index is 960. The number of esters is 2. The van der Waals surface area contributed by atoms with Crippen molar-refractivity contribution >= 4 is 24.1 Å². The van der Waals surface area contributed by atoms with Gasteiger partial charge in [-0.1, -0.05) is 139 Å². The molecular formula is C36H48O4. The Balaban J connectivity index is 1.66. The summed E-state index contributed by atoms with van der Waals surface area (Å²) in [7, 11) is 0. The van der Waals surface area contributed by atoms with Crippen molar-refractivity contribution in [3.63, 3.8) is 0 Å². The first-order valence-corrected chi connectivity index (χ1v) is 15.2. The summed E-state index contributed by atoms with van der Waals surface area (Å²) in [5.41, 5.74) is 3.19. The molecule has 0 aliphatic rings. The lowest BCUT2D eigenvalue weighted by Gasteiger charge is -2.05. The van der Waals surface area contributed by atoms with Crippen molar-refractivity contribution in [2.45, 2.75) is 90.9 Å². The molecule has 0 aliphatic heterocycles. The summed E-state index contributed by atoms with van der Waals surface area (Å²) in [6.45, 7) is 5.39. The Kier molecular flexibility index (Phi) is 17.6. The molecule has 0 atom stereocenters. The monoisotopic (exact) mass is 544 g/mol. The molecule has 0 saturated carbocycles. The number of benzene rings is 2. The number of hydrogen-bond donors (Lipinski definition) is 0. The zero-order valence-electron chi connectivity index (χ0n) is 24.6. The van der Waals surface area contributed by atoms with Crippen LogP contribution in [0.5, 0.6) is 0 Å². The highest BCUT2D eigenvalue weighted by atomic mass is 16.5. The normalized spacial score (nSPS) is 11.6. The van der Waals surface area contributed by atoms with Crippen LogP contribution in [0.25, 0.3) is 12.2 Å². The molecule has 0 aliphatic carbocycles. The first-order valence-electron chi connectivity index (χ1n) is 15.2. The predicted octanol–water partition coefficient (Wildman–Crippen LogP) is 10.0. The molecule has 0 radical (unpaired) electrons. The van der Waals surface area contributed by atoms with Crippen molar-refractivity contribution in [2.24, 2.45) is 0 Å². The molecule has 40 heavy (non-hydrogen) atoms. The summed E-state index contributed by atoms with van der Waals surface area (Å²) in [4.78, 5) is 24.4. The number of allylic oxidation sites excluding steroid dienone is 4. The summed E-state index contributed by atoms with van der Waals surface area (Å²) < 4.78 is 10.8. The Hall–Kier alpha value is -3.40. The molecule has 0 unspecified atom stereocenters.